The second kappa shape index (κ2) is 6.37. The first-order valence-electron chi connectivity index (χ1n) is 7.25. The first kappa shape index (κ1) is 14.3. The Labute approximate surface area is 113 Å². The van der Waals surface area contributed by atoms with Crippen molar-refractivity contribution in [1.82, 2.24) is 5.32 Å². The molecule has 1 atom stereocenters. The van der Waals surface area contributed by atoms with Gasteiger partial charge >= 0.3 is 5.97 Å². The van der Waals surface area contributed by atoms with E-state index in [1.54, 1.807) is 0 Å². The zero-order chi connectivity index (χ0) is 13.7. The Bertz CT molecular complexity index is 336. The number of amides is 1. The van der Waals surface area contributed by atoms with Gasteiger partial charge in [-0.2, -0.15) is 0 Å². The van der Waals surface area contributed by atoms with E-state index in [4.69, 9.17) is 9.84 Å². The summed E-state index contributed by atoms with van der Waals surface area (Å²) in [5.41, 5.74) is 0.0112. The van der Waals surface area contributed by atoms with Gasteiger partial charge in [-0.1, -0.05) is 19.3 Å². The molecule has 1 saturated carbocycles. The molecule has 0 aromatic rings. The number of carboxylic acids is 1. The number of nitrogens with one attached hydrogen (secondary N) is 1. The molecule has 0 aromatic heterocycles. The number of carbonyl (C=O) groups is 2. The standard InChI is InChI=1S/C14H23NO4/c16-12(5-4-6-13(17)18)15-11-9-14(19-10-11)7-2-1-3-8-14/h11H,1-10H2,(H,15,16)(H,17,18). The molecule has 1 amide bonds. The molecule has 1 unspecified atom stereocenters. The zero-order valence-corrected chi connectivity index (χ0v) is 11.3. The molecule has 0 radical (unpaired) electrons. The predicted molar refractivity (Wildman–Crippen MR) is 69.8 cm³/mol. The molecule has 2 fully saturated rings. The van der Waals surface area contributed by atoms with Gasteiger partial charge in [0.05, 0.1) is 18.2 Å². The number of rotatable bonds is 5. The highest BCUT2D eigenvalue weighted by atomic mass is 16.5. The third-order valence-corrected chi connectivity index (χ3v) is 4.13. The van der Waals surface area contributed by atoms with Gasteiger partial charge in [0.15, 0.2) is 0 Å². The van der Waals surface area contributed by atoms with Crippen LogP contribution in [0.4, 0.5) is 0 Å². The number of carboxylic acid groups (broad SMARTS) is 1. The van der Waals surface area contributed by atoms with Gasteiger partial charge < -0.3 is 15.2 Å². The lowest BCUT2D eigenvalue weighted by molar-refractivity contribution is -0.137. The average molecular weight is 269 g/mol. The molecule has 2 rings (SSSR count). The van der Waals surface area contributed by atoms with Gasteiger partial charge in [0.25, 0.3) is 0 Å². The summed E-state index contributed by atoms with van der Waals surface area (Å²) in [5, 5.41) is 11.5. The van der Waals surface area contributed by atoms with Crippen molar-refractivity contribution in [3.05, 3.63) is 0 Å². The van der Waals surface area contributed by atoms with Crippen LogP contribution in [0.5, 0.6) is 0 Å². The fourth-order valence-electron chi connectivity index (χ4n) is 3.18. The Morgan fingerprint density at radius 2 is 1.95 bits per heavy atom. The van der Waals surface area contributed by atoms with E-state index in [1.807, 2.05) is 0 Å². The number of hydrogen-bond acceptors (Lipinski definition) is 3. The van der Waals surface area contributed by atoms with Crippen LogP contribution in [-0.4, -0.2) is 35.2 Å². The van der Waals surface area contributed by atoms with Crippen LogP contribution in [0.3, 0.4) is 0 Å². The topological polar surface area (TPSA) is 75.6 Å². The SMILES string of the molecule is O=C(O)CCCC(=O)NC1COC2(CCCCC2)C1. The normalized spacial score (nSPS) is 25.4. The Balaban J connectivity index is 1.69. The molecule has 5 heteroatoms. The molecular weight excluding hydrogens is 246 g/mol. The van der Waals surface area contributed by atoms with E-state index in [0.29, 0.717) is 13.0 Å². The van der Waals surface area contributed by atoms with Crippen molar-refractivity contribution in [3.63, 3.8) is 0 Å². The van der Waals surface area contributed by atoms with Gasteiger partial charge in [0.2, 0.25) is 5.91 Å². The Morgan fingerprint density at radius 1 is 1.21 bits per heavy atom. The van der Waals surface area contributed by atoms with E-state index in [-0.39, 0.29) is 30.4 Å². The molecule has 1 aliphatic heterocycles. The minimum atomic E-state index is -0.849. The van der Waals surface area contributed by atoms with E-state index < -0.39 is 5.97 Å². The van der Waals surface area contributed by atoms with Crippen LogP contribution in [0.25, 0.3) is 0 Å². The van der Waals surface area contributed by atoms with Gasteiger partial charge in [-0.15, -0.1) is 0 Å². The minimum absolute atomic E-state index is 0.0112. The summed E-state index contributed by atoms with van der Waals surface area (Å²) in [5.74, 6) is -0.902. The number of ether oxygens (including phenoxy) is 1. The molecule has 2 aliphatic rings. The number of carbonyl (C=O) groups excluding carboxylic acids is 1. The fraction of sp³-hybridized carbons (Fsp3) is 0.857. The van der Waals surface area contributed by atoms with Crippen molar-refractivity contribution in [3.8, 4) is 0 Å². The second-order valence-electron chi connectivity index (χ2n) is 5.77. The maximum Gasteiger partial charge on any atom is 0.303 e. The first-order valence-corrected chi connectivity index (χ1v) is 7.25. The van der Waals surface area contributed by atoms with E-state index >= 15 is 0 Å². The predicted octanol–water partition coefficient (Wildman–Crippen LogP) is 1.85. The quantitative estimate of drug-likeness (QED) is 0.798. The molecule has 5 nitrogen and oxygen atoms in total. The van der Waals surface area contributed by atoms with Crippen molar-refractivity contribution >= 4 is 11.9 Å². The van der Waals surface area contributed by atoms with E-state index in [9.17, 15) is 9.59 Å². The molecule has 19 heavy (non-hydrogen) atoms. The monoisotopic (exact) mass is 269 g/mol. The highest BCUT2D eigenvalue weighted by Gasteiger charge is 2.41. The summed E-state index contributed by atoms with van der Waals surface area (Å²) in [4.78, 5) is 22.1. The smallest absolute Gasteiger partial charge is 0.303 e. The third-order valence-electron chi connectivity index (χ3n) is 4.13. The van der Waals surface area contributed by atoms with Crippen molar-refractivity contribution < 1.29 is 19.4 Å². The van der Waals surface area contributed by atoms with Crippen molar-refractivity contribution in [1.29, 1.82) is 0 Å². The summed E-state index contributed by atoms with van der Waals surface area (Å²) in [6.07, 6.45) is 7.61. The van der Waals surface area contributed by atoms with Crippen molar-refractivity contribution in [2.75, 3.05) is 6.61 Å². The van der Waals surface area contributed by atoms with Gasteiger partial charge in [0.1, 0.15) is 0 Å². The van der Waals surface area contributed by atoms with E-state index in [2.05, 4.69) is 5.32 Å². The third kappa shape index (κ3) is 4.20. The molecule has 0 aromatic carbocycles. The maximum atomic E-state index is 11.7. The zero-order valence-electron chi connectivity index (χ0n) is 11.3. The summed E-state index contributed by atoms with van der Waals surface area (Å²) in [6, 6.07) is 0.107. The number of aliphatic carboxylic acids is 1. The first-order chi connectivity index (χ1) is 9.10. The minimum Gasteiger partial charge on any atom is -0.481 e. The Morgan fingerprint density at radius 3 is 2.63 bits per heavy atom. The highest BCUT2D eigenvalue weighted by molar-refractivity contribution is 5.77. The summed E-state index contributed by atoms with van der Waals surface area (Å²) in [7, 11) is 0. The fourth-order valence-corrected chi connectivity index (χ4v) is 3.18. The highest BCUT2D eigenvalue weighted by Crippen LogP contribution is 2.39. The summed E-state index contributed by atoms with van der Waals surface area (Å²) < 4.78 is 5.93. The molecule has 0 bridgehead atoms. The second-order valence-corrected chi connectivity index (χ2v) is 5.77. The largest absolute Gasteiger partial charge is 0.481 e. The molecule has 1 aliphatic carbocycles. The van der Waals surface area contributed by atoms with Gasteiger partial charge in [-0.05, 0) is 25.7 Å². The van der Waals surface area contributed by atoms with Crippen LogP contribution in [0.2, 0.25) is 0 Å². The van der Waals surface area contributed by atoms with Crippen molar-refractivity contribution in [2.45, 2.75) is 69.4 Å². The van der Waals surface area contributed by atoms with Crippen LogP contribution in [0, 0.1) is 0 Å². The summed E-state index contributed by atoms with van der Waals surface area (Å²) in [6.45, 7) is 0.602. The lowest BCUT2D eigenvalue weighted by Crippen LogP contribution is -2.37. The average Bonchev–Trinajstić information content (AvgIpc) is 2.72. The van der Waals surface area contributed by atoms with Gasteiger partial charge in [-0.3, -0.25) is 9.59 Å². The Hall–Kier alpha value is -1.10. The van der Waals surface area contributed by atoms with Gasteiger partial charge in [0, 0.05) is 12.8 Å². The molecule has 1 spiro atoms. The van der Waals surface area contributed by atoms with Crippen molar-refractivity contribution in [2.24, 2.45) is 0 Å². The lowest BCUT2D eigenvalue weighted by atomic mass is 9.82. The van der Waals surface area contributed by atoms with Crippen LogP contribution in [-0.2, 0) is 14.3 Å². The number of hydrogen-bond donors (Lipinski definition) is 2. The Kier molecular flexibility index (Phi) is 4.80. The lowest BCUT2D eigenvalue weighted by Gasteiger charge is -2.32. The maximum absolute atomic E-state index is 11.7. The van der Waals surface area contributed by atoms with Crippen LogP contribution in [0.1, 0.15) is 57.8 Å². The van der Waals surface area contributed by atoms with E-state index in [1.165, 1.54) is 19.3 Å². The molecule has 1 heterocycles. The molecule has 108 valence electrons. The van der Waals surface area contributed by atoms with Crippen LogP contribution >= 0.6 is 0 Å². The molecular formula is C14H23NO4. The van der Waals surface area contributed by atoms with E-state index in [0.717, 1.165) is 19.3 Å². The van der Waals surface area contributed by atoms with Crippen LogP contribution < -0.4 is 5.32 Å². The molecule has 1 saturated heterocycles. The van der Waals surface area contributed by atoms with Crippen LogP contribution in [0.15, 0.2) is 0 Å². The van der Waals surface area contributed by atoms with Gasteiger partial charge in [-0.25, -0.2) is 0 Å². The molecule has 2 N–H and O–H groups in total. The summed E-state index contributed by atoms with van der Waals surface area (Å²) >= 11 is 0.